The molecule has 0 aliphatic heterocycles. The Morgan fingerprint density at radius 2 is 1.88 bits per heavy atom. The Balaban J connectivity index is 1.75. The molecule has 2 aromatic carbocycles. The molecular weight excluding hydrogens is 431 g/mol. The van der Waals surface area contributed by atoms with Crippen LogP contribution in [0.1, 0.15) is 11.1 Å². The molecule has 162 valence electrons. The SMILES string of the molecule is N#Cc1cc([N+](=O)[O-])ccc1NC(=O)Cn1cnc(-c2ccc(C(F)(F)F)cc2)cc1=O. The highest BCUT2D eigenvalue weighted by Crippen LogP contribution is 2.30. The molecule has 9 nitrogen and oxygen atoms in total. The second kappa shape index (κ2) is 8.68. The first-order valence-electron chi connectivity index (χ1n) is 8.81. The van der Waals surface area contributed by atoms with Gasteiger partial charge < -0.3 is 5.32 Å². The largest absolute Gasteiger partial charge is 0.416 e. The van der Waals surface area contributed by atoms with Gasteiger partial charge in [-0.2, -0.15) is 18.4 Å². The van der Waals surface area contributed by atoms with Gasteiger partial charge >= 0.3 is 6.18 Å². The monoisotopic (exact) mass is 443 g/mol. The third kappa shape index (κ3) is 4.96. The highest BCUT2D eigenvalue weighted by molar-refractivity contribution is 5.92. The Hall–Kier alpha value is -4.53. The second-order valence-electron chi connectivity index (χ2n) is 6.46. The average Bonchev–Trinajstić information content (AvgIpc) is 2.74. The third-order valence-corrected chi connectivity index (χ3v) is 4.31. The van der Waals surface area contributed by atoms with E-state index >= 15 is 0 Å². The minimum absolute atomic E-state index is 0.0329. The molecule has 0 spiro atoms. The number of rotatable bonds is 5. The number of benzene rings is 2. The van der Waals surface area contributed by atoms with Crippen LogP contribution in [0.4, 0.5) is 24.5 Å². The summed E-state index contributed by atoms with van der Waals surface area (Å²) in [6.07, 6.45) is -3.42. The van der Waals surface area contributed by atoms with Crippen LogP contribution in [0.2, 0.25) is 0 Å². The van der Waals surface area contributed by atoms with Crippen molar-refractivity contribution in [2.45, 2.75) is 12.7 Å². The van der Waals surface area contributed by atoms with E-state index in [2.05, 4.69) is 10.3 Å². The van der Waals surface area contributed by atoms with Crippen LogP contribution >= 0.6 is 0 Å². The van der Waals surface area contributed by atoms with Gasteiger partial charge in [-0.1, -0.05) is 12.1 Å². The van der Waals surface area contributed by atoms with Crippen molar-refractivity contribution in [1.82, 2.24) is 9.55 Å². The maximum atomic E-state index is 12.7. The molecule has 12 heteroatoms. The van der Waals surface area contributed by atoms with Gasteiger partial charge in [-0.25, -0.2) is 4.98 Å². The Morgan fingerprint density at radius 1 is 1.19 bits per heavy atom. The highest BCUT2D eigenvalue weighted by Gasteiger charge is 2.30. The Labute approximate surface area is 177 Å². The number of hydrogen-bond acceptors (Lipinski definition) is 6. The van der Waals surface area contributed by atoms with Gasteiger partial charge in [0, 0.05) is 23.8 Å². The first-order chi connectivity index (χ1) is 15.1. The first-order valence-corrected chi connectivity index (χ1v) is 8.81. The summed E-state index contributed by atoms with van der Waals surface area (Å²) in [4.78, 5) is 38.7. The zero-order chi connectivity index (χ0) is 23.5. The highest BCUT2D eigenvalue weighted by atomic mass is 19.4. The topological polar surface area (TPSA) is 131 Å². The first kappa shape index (κ1) is 22.2. The predicted octanol–water partition coefficient (Wildman–Crippen LogP) is 3.35. The predicted molar refractivity (Wildman–Crippen MR) is 105 cm³/mol. The smallest absolute Gasteiger partial charge is 0.323 e. The van der Waals surface area contributed by atoms with E-state index in [9.17, 15) is 32.9 Å². The molecule has 1 N–H and O–H groups in total. The van der Waals surface area contributed by atoms with Crippen molar-refractivity contribution in [3.8, 4) is 17.3 Å². The molecule has 1 heterocycles. The molecule has 32 heavy (non-hydrogen) atoms. The molecule has 1 aromatic heterocycles. The van der Waals surface area contributed by atoms with Crippen molar-refractivity contribution in [3.63, 3.8) is 0 Å². The molecule has 0 aliphatic rings. The van der Waals surface area contributed by atoms with Crippen molar-refractivity contribution in [3.05, 3.63) is 86.5 Å². The van der Waals surface area contributed by atoms with Gasteiger partial charge in [0.25, 0.3) is 11.2 Å². The van der Waals surface area contributed by atoms with Crippen molar-refractivity contribution in [1.29, 1.82) is 5.26 Å². The lowest BCUT2D eigenvalue weighted by Gasteiger charge is -2.10. The molecule has 0 saturated carbocycles. The van der Waals surface area contributed by atoms with E-state index in [1.54, 1.807) is 6.07 Å². The molecule has 0 atom stereocenters. The fraction of sp³-hybridized carbons (Fsp3) is 0.100. The number of hydrogen-bond donors (Lipinski definition) is 1. The van der Waals surface area contributed by atoms with Gasteiger partial charge in [0.05, 0.1) is 33.8 Å². The molecule has 3 rings (SSSR count). The number of nitro benzene ring substituents is 1. The van der Waals surface area contributed by atoms with E-state index < -0.39 is 34.7 Å². The number of alkyl halides is 3. The number of carbonyl (C=O) groups excluding carboxylic acids is 1. The molecule has 0 unspecified atom stereocenters. The maximum Gasteiger partial charge on any atom is 0.416 e. The molecule has 0 aliphatic carbocycles. The van der Waals surface area contributed by atoms with Gasteiger partial charge in [-0.3, -0.25) is 24.3 Å². The Morgan fingerprint density at radius 3 is 2.44 bits per heavy atom. The number of amides is 1. The molecule has 0 saturated heterocycles. The van der Waals surface area contributed by atoms with Crippen LogP contribution in [0.15, 0.2) is 59.7 Å². The summed E-state index contributed by atoms with van der Waals surface area (Å²) in [7, 11) is 0. The lowest BCUT2D eigenvalue weighted by molar-refractivity contribution is -0.384. The van der Waals surface area contributed by atoms with Crippen LogP contribution in [-0.4, -0.2) is 20.4 Å². The van der Waals surface area contributed by atoms with E-state index in [0.29, 0.717) is 0 Å². The second-order valence-corrected chi connectivity index (χ2v) is 6.46. The van der Waals surface area contributed by atoms with E-state index in [4.69, 9.17) is 5.26 Å². The van der Waals surface area contributed by atoms with E-state index in [1.165, 1.54) is 18.2 Å². The minimum atomic E-state index is -4.49. The maximum absolute atomic E-state index is 12.7. The van der Waals surface area contributed by atoms with Gasteiger partial charge in [0.2, 0.25) is 5.91 Å². The summed E-state index contributed by atoms with van der Waals surface area (Å²) in [5.41, 5.74) is -1.47. The molecule has 0 bridgehead atoms. The minimum Gasteiger partial charge on any atom is -0.323 e. The van der Waals surface area contributed by atoms with Crippen LogP contribution in [0.5, 0.6) is 0 Å². The number of carbonyl (C=O) groups is 1. The molecule has 1 amide bonds. The van der Waals surface area contributed by atoms with Crippen molar-refractivity contribution in [2.75, 3.05) is 5.32 Å². The van der Waals surface area contributed by atoms with Crippen LogP contribution in [0.3, 0.4) is 0 Å². The van der Waals surface area contributed by atoms with Crippen LogP contribution in [0.25, 0.3) is 11.3 Å². The lowest BCUT2D eigenvalue weighted by atomic mass is 10.1. The van der Waals surface area contributed by atoms with E-state index in [1.807, 2.05) is 0 Å². The number of nitriles is 1. The zero-order valence-electron chi connectivity index (χ0n) is 16.0. The number of nitrogens with one attached hydrogen (secondary N) is 1. The number of non-ortho nitro benzene ring substituents is 1. The van der Waals surface area contributed by atoms with Crippen molar-refractivity contribution >= 4 is 17.3 Å². The van der Waals surface area contributed by atoms with Crippen LogP contribution in [-0.2, 0) is 17.5 Å². The van der Waals surface area contributed by atoms with Gasteiger partial charge in [-0.15, -0.1) is 0 Å². The molecule has 0 fully saturated rings. The van der Waals surface area contributed by atoms with Gasteiger partial charge in [0.1, 0.15) is 12.6 Å². The number of nitrogens with zero attached hydrogens (tertiary/aromatic N) is 4. The fourth-order valence-corrected chi connectivity index (χ4v) is 2.72. The standard InChI is InChI=1S/C20H12F3N5O4/c21-20(22,23)14-3-1-12(2-4-14)17-8-19(30)27(11-25-17)10-18(29)26-16-6-5-15(28(31)32)7-13(16)9-24/h1-8,11H,10H2,(H,26,29). The molecule has 3 aromatic rings. The quantitative estimate of drug-likeness (QED) is 0.475. The summed E-state index contributed by atoms with van der Waals surface area (Å²) in [5.74, 6) is -0.693. The number of halogens is 3. The summed E-state index contributed by atoms with van der Waals surface area (Å²) in [6.45, 7) is -0.471. The Bertz CT molecular complexity index is 1290. The summed E-state index contributed by atoms with van der Waals surface area (Å²) in [5, 5.41) is 22.3. The molecule has 0 radical (unpaired) electrons. The number of anilines is 1. The summed E-state index contributed by atoms with van der Waals surface area (Å²) < 4.78 is 39.0. The number of nitro groups is 1. The third-order valence-electron chi connectivity index (χ3n) is 4.31. The van der Waals surface area contributed by atoms with Crippen LogP contribution in [0, 0.1) is 21.4 Å². The normalized spacial score (nSPS) is 10.9. The summed E-state index contributed by atoms with van der Waals surface area (Å²) in [6, 6.07) is 10.2. The zero-order valence-corrected chi connectivity index (χ0v) is 16.0. The average molecular weight is 443 g/mol. The lowest BCUT2D eigenvalue weighted by Crippen LogP contribution is -2.27. The van der Waals surface area contributed by atoms with E-state index in [-0.39, 0.29) is 28.2 Å². The van der Waals surface area contributed by atoms with Crippen molar-refractivity contribution in [2.24, 2.45) is 0 Å². The van der Waals surface area contributed by atoms with Crippen molar-refractivity contribution < 1.29 is 22.9 Å². The van der Waals surface area contributed by atoms with Crippen LogP contribution < -0.4 is 10.9 Å². The number of aromatic nitrogens is 2. The fourth-order valence-electron chi connectivity index (χ4n) is 2.72. The summed E-state index contributed by atoms with van der Waals surface area (Å²) >= 11 is 0. The Kier molecular flexibility index (Phi) is 6.01. The van der Waals surface area contributed by atoms with E-state index in [0.717, 1.165) is 41.2 Å². The van der Waals surface area contributed by atoms with Gasteiger partial charge in [0.15, 0.2) is 0 Å². The van der Waals surface area contributed by atoms with Gasteiger partial charge in [-0.05, 0) is 18.2 Å². The molecular formula is C20H12F3N5O4.